The molecule has 0 spiro atoms. The summed E-state index contributed by atoms with van der Waals surface area (Å²) in [6.45, 7) is 2.56. The van der Waals surface area contributed by atoms with Crippen LogP contribution in [-0.4, -0.2) is 17.0 Å². The summed E-state index contributed by atoms with van der Waals surface area (Å²) >= 11 is 11.8. The second-order valence-electron chi connectivity index (χ2n) is 3.67. The molecule has 90 valence electrons. The topological polar surface area (TPSA) is 42.2 Å². The summed E-state index contributed by atoms with van der Waals surface area (Å²) in [5, 5.41) is 0.651. The van der Waals surface area contributed by atoms with Crippen molar-refractivity contribution in [2.75, 3.05) is 11.9 Å². The average Bonchev–Trinajstić information content (AvgIpc) is 2.68. The smallest absolute Gasteiger partial charge is 0.224 e. The lowest BCUT2D eigenvalue weighted by Crippen LogP contribution is -2.18. The minimum atomic E-state index is 0.181. The van der Waals surface area contributed by atoms with Crippen molar-refractivity contribution in [2.45, 2.75) is 13.5 Å². The highest BCUT2D eigenvalue weighted by Gasteiger charge is 2.12. The summed E-state index contributed by atoms with van der Waals surface area (Å²) < 4.78 is 5.24. The van der Waals surface area contributed by atoms with Crippen LogP contribution in [0, 0.1) is 6.92 Å². The first-order chi connectivity index (χ1) is 8.08. The van der Waals surface area contributed by atoms with Crippen molar-refractivity contribution in [2.24, 2.45) is 0 Å². The molecule has 0 aliphatic carbocycles. The van der Waals surface area contributed by atoms with Crippen molar-refractivity contribution in [3.8, 4) is 0 Å². The average molecular weight is 272 g/mol. The first-order valence-corrected chi connectivity index (χ1v) is 5.75. The summed E-state index contributed by atoms with van der Waals surface area (Å²) in [7, 11) is 1.89. The number of anilines is 1. The zero-order chi connectivity index (χ0) is 12.4. The third kappa shape index (κ3) is 2.70. The number of rotatable bonds is 3. The van der Waals surface area contributed by atoms with Gasteiger partial charge >= 0.3 is 0 Å². The Bertz CT molecular complexity index is 527. The van der Waals surface area contributed by atoms with E-state index < -0.39 is 0 Å². The van der Waals surface area contributed by atoms with Crippen LogP contribution in [0.15, 0.2) is 22.9 Å². The fourth-order valence-corrected chi connectivity index (χ4v) is 1.87. The minimum Gasteiger partial charge on any atom is -0.469 e. The van der Waals surface area contributed by atoms with E-state index in [1.165, 1.54) is 6.20 Å². The first-order valence-electron chi connectivity index (χ1n) is 5.00. The summed E-state index contributed by atoms with van der Waals surface area (Å²) in [6.07, 6.45) is 3.15. The maximum Gasteiger partial charge on any atom is 0.224 e. The van der Waals surface area contributed by atoms with Gasteiger partial charge in [0.2, 0.25) is 5.28 Å². The van der Waals surface area contributed by atoms with Crippen molar-refractivity contribution in [3.63, 3.8) is 0 Å². The van der Waals surface area contributed by atoms with E-state index in [0.29, 0.717) is 17.4 Å². The van der Waals surface area contributed by atoms with Gasteiger partial charge in [0.15, 0.2) is 5.82 Å². The Morgan fingerprint density at radius 3 is 2.82 bits per heavy atom. The van der Waals surface area contributed by atoms with Gasteiger partial charge in [0.05, 0.1) is 12.5 Å². The van der Waals surface area contributed by atoms with Crippen LogP contribution in [0.4, 0.5) is 5.82 Å². The van der Waals surface area contributed by atoms with Gasteiger partial charge in [0.1, 0.15) is 10.8 Å². The molecule has 0 aliphatic heterocycles. The number of aromatic nitrogens is 2. The van der Waals surface area contributed by atoms with Crippen LogP contribution >= 0.6 is 23.2 Å². The normalized spacial score (nSPS) is 10.6. The summed E-state index contributed by atoms with van der Waals surface area (Å²) in [4.78, 5) is 9.81. The van der Waals surface area contributed by atoms with Crippen LogP contribution in [0.25, 0.3) is 0 Å². The molecular formula is C11H11Cl2N3O. The molecule has 0 fully saturated rings. The van der Waals surface area contributed by atoms with Gasteiger partial charge in [0, 0.05) is 19.2 Å². The summed E-state index contributed by atoms with van der Waals surface area (Å²) in [5.74, 6) is 1.49. The number of halogens is 2. The molecule has 0 aliphatic rings. The van der Waals surface area contributed by atoms with Gasteiger partial charge in [-0.1, -0.05) is 11.6 Å². The Labute approximate surface area is 109 Å². The zero-order valence-electron chi connectivity index (χ0n) is 9.44. The quantitative estimate of drug-likeness (QED) is 0.804. The summed E-state index contributed by atoms with van der Waals surface area (Å²) in [5.41, 5.74) is 1.08. The predicted molar refractivity (Wildman–Crippen MR) is 67.6 cm³/mol. The predicted octanol–water partition coefficient (Wildman–Crippen LogP) is 3.32. The van der Waals surface area contributed by atoms with Crippen molar-refractivity contribution < 1.29 is 4.42 Å². The molecule has 6 heteroatoms. The third-order valence-corrected chi connectivity index (χ3v) is 2.88. The molecule has 0 unspecified atom stereocenters. The number of aryl methyl sites for hydroxylation is 1. The SMILES string of the molecule is Cc1occc1CN(C)c1nc(Cl)ncc1Cl. The molecule has 0 atom stereocenters. The Balaban J connectivity index is 2.23. The highest BCUT2D eigenvalue weighted by atomic mass is 35.5. The van der Waals surface area contributed by atoms with Crippen molar-refractivity contribution >= 4 is 29.0 Å². The molecule has 0 N–H and O–H groups in total. The fourth-order valence-electron chi connectivity index (χ4n) is 1.51. The lowest BCUT2D eigenvalue weighted by Gasteiger charge is -2.18. The number of hydrogen-bond donors (Lipinski definition) is 0. The van der Waals surface area contributed by atoms with E-state index in [0.717, 1.165) is 11.3 Å². The van der Waals surface area contributed by atoms with E-state index in [9.17, 15) is 0 Å². The van der Waals surface area contributed by atoms with E-state index in [2.05, 4.69) is 9.97 Å². The van der Waals surface area contributed by atoms with Crippen LogP contribution in [0.2, 0.25) is 10.3 Å². The highest BCUT2D eigenvalue weighted by Crippen LogP contribution is 2.24. The highest BCUT2D eigenvalue weighted by molar-refractivity contribution is 6.33. The lowest BCUT2D eigenvalue weighted by atomic mass is 10.2. The number of nitrogens with zero attached hydrogens (tertiary/aromatic N) is 3. The van der Waals surface area contributed by atoms with Crippen molar-refractivity contribution in [3.05, 3.63) is 40.2 Å². The molecule has 2 aromatic rings. The van der Waals surface area contributed by atoms with Gasteiger partial charge in [-0.3, -0.25) is 0 Å². The first kappa shape index (κ1) is 12.2. The third-order valence-electron chi connectivity index (χ3n) is 2.43. The van der Waals surface area contributed by atoms with Crippen LogP contribution in [0.3, 0.4) is 0 Å². The van der Waals surface area contributed by atoms with Crippen molar-refractivity contribution in [1.29, 1.82) is 0 Å². The minimum absolute atomic E-state index is 0.181. The fraction of sp³-hybridized carbons (Fsp3) is 0.273. The van der Waals surface area contributed by atoms with Gasteiger partial charge in [-0.25, -0.2) is 4.98 Å². The molecule has 2 heterocycles. The Kier molecular flexibility index (Phi) is 3.54. The maximum atomic E-state index is 6.02. The monoisotopic (exact) mass is 271 g/mol. The molecule has 0 amide bonds. The van der Waals surface area contributed by atoms with Crippen LogP contribution in [0.1, 0.15) is 11.3 Å². The van der Waals surface area contributed by atoms with Gasteiger partial charge in [-0.2, -0.15) is 4.98 Å². The maximum absolute atomic E-state index is 6.02. The standard InChI is InChI=1S/C11H11Cl2N3O/c1-7-8(3-4-17-7)6-16(2)10-9(12)5-14-11(13)15-10/h3-5H,6H2,1-2H3. The van der Waals surface area contributed by atoms with Crippen LogP contribution in [-0.2, 0) is 6.54 Å². The number of furan rings is 1. The van der Waals surface area contributed by atoms with Gasteiger partial charge < -0.3 is 9.32 Å². The Morgan fingerprint density at radius 2 is 2.18 bits per heavy atom. The largest absolute Gasteiger partial charge is 0.469 e. The second-order valence-corrected chi connectivity index (χ2v) is 4.41. The molecule has 4 nitrogen and oxygen atoms in total. The Morgan fingerprint density at radius 1 is 1.41 bits per heavy atom. The molecule has 0 radical (unpaired) electrons. The zero-order valence-corrected chi connectivity index (χ0v) is 11.0. The van der Waals surface area contributed by atoms with E-state index in [4.69, 9.17) is 27.6 Å². The number of hydrogen-bond acceptors (Lipinski definition) is 4. The molecule has 0 aromatic carbocycles. The Hall–Kier alpha value is -1.26. The molecule has 0 bridgehead atoms. The van der Waals surface area contributed by atoms with Crippen LogP contribution < -0.4 is 4.90 Å². The molecule has 17 heavy (non-hydrogen) atoms. The van der Waals surface area contributed by atoms with Crippen LogP contribution in [0.5, 0.6) is 0 Å². The molecular weight excluding hydrogens is 261 g/mol. The van der Waals surface area contributed by atoms with Crippen molar-refractivity contribution in [1.82, 2.24) is 9.97 Å². The van der Waals surface area contributed by atoms with E-state index in [-0.39, 0.29) is 5.28 Å². The molecule has 0 saturated heterocycles. The molecule has 0 saturated carbocycles. The van der Waals surface area contributed by atoms with E-state index in [1.807, 2.05) is 24.9 Å². The van der Waals surface area contributed by atoms with Gasteiger partial charge in [-0.05, 0) is 24.6 Å². The van der Waals surface area contributed by atoms with Gasteiger partial charge in [0.25, 0.3) is 0 Å². The molecule has 2 rings (SSSR count). The van der Waals surface area contributed by atoms with E-state index >= 15 is 0 Å². The van der Waals surface area contributed by atoms with Gasteiger partial charge in [-0.15, -0.1) is 0 Å². The summed E-state index contributed by atoms with van der Waals surface area (Å²) in [6, 6.07) is 1.92. The second kappa shape index (κ2) is 4.94. The molecule has 2 aromatic heterocycles. The lowest BCUT2D eigenvalue weighted by molar-refractivity contribution is 0.529. The van der Waals surface area contributed by atoms with E-state index in [1.54, 1.807) is 6.26 Å².